The Kier molecular flexibility index (Phi) is 1.49. The predicted molar refractivity (Wildman–Crippen MR) is 55.9 cm³/mol. The van der Waals surface area contributed by atoms with Crippen molar-refractivity contribution in [3.63, 3.8) is 0 Å². The van der Waals surface area contributed by atoms with Crippen molar-refractivity contribution in [2.45, 2.75) is 0 Å². The second-order valence-electron chi connectivity index (χ2n) is 3.23. The van der Waals surface area contributed by atoms with Crippen molar-refractivity contribution in [2.24, 2.45) is 0 Å². The molecule has 2 heterocycles. The van der Waals surface area contributed by atoms with Gasteiger partial charge in [0.15, 0.2) is 0 Å². The molecule has 2 aromatic heterocycles. The van der Waals surface area contributed by atoms with Gasteiger partial charge < -0.3 is 5.73 Å². The minimum Gasteiger partial charge on any atom is -0.382 e. The average molecular weight is 200 g/mol. The van der Waals surface area contributed by atoms with Crippen molar-refractivity contribution in [1.29, 1.82) is 0 Å². The van der Waals surface area contributed by atoms with Crippen molar-refractivity contribution in [1.82, 2.24) is 25.6 Å². The molecule has 74 valence electrons. The molecule has 3 rings (SSSR count). The van der Waals surface area contributed by atoms with Crippen LogP contribution in [0.2, 0.25) is 0 Å². The molecule has 15 heavy (non-hydrogen) atoms. The Hall–Kier alpha value is -2.37. The summed E-state index contributed by atoms with van der Waals surface area (Å²) in [5.74, 6) is 0.477. The predicted octanol–water partition coefficient (Wildman–Crippen LogP) is 0.930. The Morgan fingerprint density at radius 2 is 1.87 bits per heavy atom. The Morgan fingerprint density at radius 1 is 1.00 bits per heavy atom. The molecule has 0 aliphatic heterocycles. The Labute approximate surface area is 84.5 Å². The number of aromatic amines is 2. The van der Waals surface area contributed by atoms with Gasteiger partial charge in [0, 0.05) is 11.6 Å². The molecule has 0 radical (unpaired) electrons. The van der Waals surface area contributed by atoms with Crippen molar-refractivity contribution < 1.29 is 0 Å². The van der Waals surface area contributed by atoms with E-state index in [1.807, 2.05) is 18.2 Å². The fourth-order valence-electron chi connectivity index (χ4n) is 1.49. The van der Waals surface area contributed by atoms with Crippen LogP contribution in [0.3, 0.4) is 0 Å². The summed E-state index contributed by atoms with van der Waals surface area (Å²) < 4.78 is 0. The number of nitrogens with zero attached hydrogens (tertiary/aromatic N) is 3. The SMILES string of the molecule is Nc1cc(-c2ccc3n[nH]nc3c2)[nH]n1. The highest BCUT2D eigenvalue weighted by Crippen LogP contribution is 2.21. The number of hydrogen-bond acceptors (Lipinski definition) is 4. The van der Waals surface area contributed by atoms with Crippen LogP contribution in [-0.2, 0) is 0 Å². The number of benzene rings is 1. The minimum absolute atomic E-state index is 0.477. The molecule has 0 aliphatic carbocycles. The molecule has 1 aromatic carbocycles. The quantitative estimate of drug-likeness (QED) is 0.544. The average Bonchev–Trinajstić information content (AvgIpc) is 2.84. The maximum Gasteiger partial charge on any atom is 0.145 e. The van der Waals surface area contributed by atoms with Crippen LogP contribution < -0.4 is 5.73 Å². The molecule has 0 bridgehead atoms. The first-order valence-electron chi connectivity index (χ1n) is 4.45. The minimum atomic E-state index is 0.477. The third-order valence-corrected chi connectivity index (χ3v) is 2.22. The number of anilines is 1. The van der Waals surface area contributed by atoms with Crippen LogP contribution in [0.25, 0.3) is 22.3 Å². The van der Waals surface area contributed by atoms with Gasteiger partial charge in [-0.3, -0.25) is 5.10 Å². The number of nitrogens with one attached hydrogen (secondary N) is 2. The lowest BCUT2D eigenvalue weighted by Crippen LogP contribution is -1.81. The van der Waals surface area contributed by atoms with E-state index < -0.39 is 0 Å². The Bertz CT molecular complexity index is 608. The third kappa shape index (κ3) is 1.23. The molecule has 0 amide bonds. The van der Waals surface area contributed by atoms with E-state index in [4.69, 9.17) is 5.73 Å². The standard InChI is InChI=1S/C9H8N6/c10-9-4-7(11-14-9)5-1-2-6-8(3-5)13-15-12-6/h1-4H,(H3,10,11,14)(H,12,13,15). The first-order chi connectivity index (χ1) is 7.33. The molecular formula is C9H8N6. The zero-order valence-electron chi connectivity index (χ0n) is 7.73. The summed E-state index contributed by atoms with van der Waals surface area (Å²) in [6, 6.07) is 7.54. The molecular weight excluding hydrogens is 192 g/mol. The van der Waals surface area contributed by atoms with Crippen molar-refractivity contribution in [3.8, 4) is 11.3 Å². The summed E-state index contributed by atoms with van der Waals surface area (Å²) in [4.78, 5) is 0. The lowest BCUT2D eigenvalue weighted by atomic mass is 10.1. The molecule has 0 fully saturated rings. The maximum absolute atomic E-state index is 5.53. The highest BCUT2D eigenvalue weighted by Gasteiger charge is 2.04. The van der Waals surface area contributed by atoms with Gasteiger partial charge in [0.1, 0.15) is 16.9 Å². The molecule has 4 N–H and O–H groups in total. The van der Waals surface area contributed by atoms with Gasteiger partial charge in [0.05, 0.1) is 5.69 Å². The third-order valence-electron chi connectivity index (χ3n) is 2.22. The van der Waals surface area contributed by atoms with Crippen LogP contribution in [0.15, 0.2) is 24.3 Å². The smallest absolute Gasteiger partial charge is 0.145 e. The van der Waals surface area contributed by atoms with E-state index >= 15 is 0 Å². The molecule has 0 unspecified atom stereocenters. The molecule has 6 nitrogen and oxygen atoms in total. The van der Waals surface area contributed by atoms with Crippen molar-refractivity contribution >= 4 is 16.9 Å². The summed E-state index contributed by atoms with van der Waals surface area (Å²) in [7, 11) is 0. The van der Waals surface area contributed by atoms with Gasteiger partial charge in [-0.25, -0.2) is 0 Å². The molecule has 0 atom stereocenters. The highest BCUT2D eigenvalue weighted by atomic mass is 15.3. The molecule has 0 aliphatic rings. The first kappa shape index (κ1) is 7.98. The largest absolute Gasteiger partial charge is 0.382 e. The lowest BCUT2D eigenvalue weighted by molar-refractivity contribution is 0.959. The van der Waals surface area contributed by atoms with Crippen molar-refractivity contribution in [2.75, 3.05) is 5.73 Å². The fraction of sp³-hybridized carbons (Fsp3) is 0. The van der Waals surface area contributed by atoms with Crippen molar-refractivity contribution in [3.05, 3.63) is 24.3 Å². The Morgan fingerprint density at radius 3 is 2.67 bits per heavy atom. The van der Waals surface area contributed by atoms with Gasteiger partial charge in [0.25, 0.3) is 0 Å². The van der Waals surface area contributed by atoms with Gasteiger partial charge in [-0.05, 0) is 12.1 Å². The summed E-state index contributed by atoms with van der Waals surface area (Å²) in [6.07, 6.45) is 0. The van der Waals surface area contributed by atoms with E-state index in [-0.39, 0.29) is 0 Å². The maximum atomic E-state index is 5.53. The van der Waals surface area contributed by atoms with Gasteiger partial charge in [-0.1, -0.05) is 6.07 Å². The van der Waals surface area contributed by atoms with Crippen LogP contribution in [0.4, 0.5) is 5.82 Å². The van der Waals surface area contributed by atoms with Crippen LogP contribution in [0.5, 0.6) is 0 Å². The lowest BCUT2D eigenvalue weighted by Gasteiger charge is -1.95. The molecule has 0 saturated heterocycles. The molecule has 0 spiro atoms. The van der Waals surface area contributed by atoms with Gasteiger partial charge in [0.2, 0.25) is 0 Å². The fourth-order valence-corrected chi connectivity index (χ4v) is 1.49. The van der Waals surface area contributed by atoms with Crippen LogP contribution in [0.1, 0.15) is 0 Å². The number of nitrogen functional groups attached to an aromatic ring is 1. The van der Waals surface area contributed by atoms with Gasteiger partial charge in [-0.15, -0.1) is 0 Å². The summed E-state index contributed by atoms with van der Waals surface area (Å²) in [5.41, 5.74) is 9.05. The number of aromatic nitrogens is 5. The summed E-state index contributed by atoms with van der Waals surface area (Å²) in [6.45, 7) is 0. The van der Waals surface area contributed by atoms with E-state index in [2.05, 4.69) is 25.6 Å². The number of hydrogen-bond donors (Lipinski definition) is 3. The van der Waals surface area contributed by atoms with Gasteiger partial charge in [-0.2, -0.15) is 20.5 Å². The number of rotatable bonds is 1. The van der Waals surface area contributed by atoms with Crippen LogP contribution in [0, 0.1) is 0 Å². The zero-order chi connectivity index (χ0) is 10.3. The van der Waals surface area contributed by atoms with E-state index in [1.54, 1.807) is 6.07 Å². The van der Waals surface area contributed by atoms with Crippen LogP contribution >= 0.6 is 0 Å². The number of nitrogens with two attached hydrogens (primary N) is 1. The number of fused-ring (bicyclic) bond motifs is 1. The topological polar surface area (TPSA) is 96.3 Å². The monoisotopic (exact) mass is 200 g/mol. The molecule has 6 heteroatoms. The van der Waals surface area contributed by atoms with E-state index in [0.29, 0.717) is 5.82 Å². The Balaban J connectivity index is 2.18. The van der Waals surface area contributed by atoms with Gasteiger partial charge >= 0.3 is 0 Å². The zero-order valence-corrected chi connectivity index (χ0v) is 7.73. The first-order valence-corrected chi connectivity index (χ1v) is 4.45. The summed E-state index contributed by atoms with van der Waals surface area (Å²) >= 11 is 0. The van der Waals surface area contributed by atoms with Crippen LogP contribution in [-0.4, -0.2) is 25.6 Å². The second-order valence-corrected chi connectivity index (χ2v) is 3.23. The van der Waals surface area contributed by atoms with E-state index in [9.17, 15) is 0 Å². The highest BCUT2D eigenvalue weighted by molar-refractivity contribution is 5.80. The van der Waals surface area contributed by atoms with E-state index in [1.165, 1.54) is 0 Å². The summed E-state index contributed by atoms with van der Waals surface area (Å²) in [5, 5.41) is 17.3. The normalized spacial score (nSPS) is 10.9. The van der Waals surface area contributed by atoms with E-state index in [0.717, 1.165) is 22.3 Å². The number of H-pyrrole nitrogens is 2. The molecule has 3 aromatic rings. The second kappa shape index (κ2) is 2.81. The molecule has 0 saturated carbocycles.